The molecule has 132 valence electrons. The fraction of sp³-hybridized carbons (Fsp3) is 0.133. The fourth-order valence-electron chi connectivity index (χ4n) is 1.84. The van der Waals surface area contributed by atoms with Gasteiger partial charge in [-0.3, -0.25) is 14.9 Å². The number of thioether (sulfide) groups is 2. The quantitative estimate of drug-likeness (QED) is 0.431. The number of nitrogens with one attached hydrogen (secondary N) is 1. The van der Waals surface area contributed by atoms with Gasteiger partial charge in [0.05, 0.1) is 15.6 Å². The van der Waals surface area contributed by atoms with E-state index >= 15 is 0 Å². The van der Waals surface area contributed by atoms with E-state index in [2.05, 4.69) is 5.32 Å². The summed E-state index contributed by atoms with van der Waals surface area (Å²) >= 11 is 0.704. The van der Waals surface area contributed by atoms with Crippen molar-refractivity contribution in [1.82, 2.24) is 0 Å². The Balaban J connectivity index is 1.97. The third kappa shape index (κ3) is 6.31. The molecule has 1 amide bonds. The minimum absolute atomic E-state index is 0.0448. The summed E-state index contributed by atoms with van der Waals surface area (Å²) in [5.41, 5.74) is -4.30. The van der Waals surface area contributed by atoms with Crippen LogP contribution in [-0.4, -0.2) is 22.1 Å². The number of alkyl halides is 3. The molecule has 0 aliphatic carbocycles. The summed E-state index contributed by atoms with van der Waals surface area (Å²) in [5, 5.41) is 13.4. The van der Waals surface area contributed by atoms with Gasteiger partial charge in [0, 0.05) is 16.6 Å². The Morgan fingerprint density at radius 2 is 1.88 bits per heavy atom. The lowest BCUT2D eigenvalue weighted by molar-refractivity contribution is -0.387. The smallest absolute Gasteiger partial charge is 0.325 e. The van der Waals surface area contributed by atoms with Gasteiger partial charge in [-0.05, 0) is 36.0 Å². The molecule has 0 bridgehead atoms. The number of nitro benzene ring substituents is 1. The van der Waals surface area contributed by atoms with E-state index in [0.717, 1.165) is 11.8 Å². The van der Waals surface area contributed by atoms with Crippen LogP contribution in [0.1, 0.15) is 0 Å². The van der Waals surface area contributed by atoms with Crippen LogP contribution in [0, 0.1) is 10.1 Å². The van der Waals surface area contributed by atoms with Gasteiger partial charge in [-0.25, -0.2) is 0 Å². The largest absolute Gasteiger partial charge is 0.446 e. The van der Waals surface area contributed by atoms with Crippen molar-refractivity contribution in [3.8, 4) is 0 Å². The Kier molecular flexibility index (Phi) is 6.32. The molecule has 10 heteroatoms. The van der Waals surface area contributed by atoms with Crippen LogP contribution in [0.2, 0.25) is 0 Å². The van der Waals surface area contributed by atoms with Crippen molar-refractivity contribution >= 4 is 40.8 Å². The molecule has 0 atom stereocenters. The highest BCUT2D eigenvalue weighted by Gasteiger charge is 2.29. The van der Waals surface area contributed by atoms with Crippen LogP contribution in [0.5, 0.6) is 0 Å². The van der Waals surface area contributed by atoms with E-state index in [9.17, 15) is 28.1 Å². The standard InChI is InChI=1S/C15H11F3N2O3S2/c16-15(17,18)25-11-5-3-4-10(8-11)19-14(21)9-24-13-7-2-1-6-12(13)20(22)23/h1-8H,9H2,(H,19,21). The van der Waals surface area contributed by atoms with Crippen molar-refractivity contribution < 1.29 is 22.9 Å². The first kappa shape index (κ1) is 19.1. The Bertz CT molecular complexity index is 785. The molecule has 0 saturated heterocycles. The lowest BCUT2D eigenvalue weighted by Crippen LogP contribution is -2.14. The Hall–Kier alpha value is -2.20. The molecule has 0 spiro atoms. The summed E-state index contributed by atoms with van der Waals surface area (Å²) in [6.45, 7) is 0. The normalized spacial score (nSPS) is 11.2. The monoisotopic (exact) mass is 388 g/mol. The first-order valence-corrected chi connectivity index (χ1v) is 8.57. The molecule has 1 N–H and O–H groups in total. The molecule has 0 fully saturated rings. The number of nitrogens with zero attached hydrogens (tertiary/aromatic N) is 1. The van der Waals surface area contributed by atoms with Crippen LogP contribution in [0.15, 0.2) is 58.3 Å². The van der Waals surface area contributed by atoms with Gasteiger partial charge in [0.2, 0.25) is 5.91 Å². The molecule has 0 aliphatic heterocycles. The number of hydrogen-bond acceptors (Lipinski definition) is 5. The number of halogens is 3. The molecule has 0 radical (unpaired) electrons. The molecule has 0 unspecified atom stereocenters. The number of carbonyl (C=O) groups excluding carboxylic acids is 1. The van der Waals surface area contributed by atoms with Gasteiger partial charge in [0.1, 0.15) is 0 Å². The molecular formula is C15H11F3N2O3S2. The van der Waals surface area contributed by atoms with Gasteiger partial charge >= 0.3 is 5.51 Å². The maximum absolute atomic E-state index is 12.4. The summed E-state index contributed by atoms with van der Waals surface area (Å²) in [5.74, 6) is -0.584. The van der Waals surface area contributed by atoms with E-state index in [1.807, 2.05) is 0 Å². The number of rotatable bonds is 6. The Morgan fingerprint density at radius 3 is 2.56 bits per heavy atom. The summed E-state index contributed by atoms with van der Waals surface area (Å²) in [6.07, 6.45) is 0. The predicted octanol–water partition coefficient (Wildman–Crippen LogP) is 4.94. The first-order valence-electron chi connectivity index (χ1n) is 6.76. The molecule has 0 heterocycles. The van der Waals surface area contributed by atoms with Crippen LogP contribution >= 0.6 is 23.5 Å². The zero-order valence-electron chi connectivity index (χ0n) is 12.4. The van der Waals surface area contributed by atoms with Crippen molar-refractivity contribution in [2.24, 2.45) is 0 Å². The van der Waals surface area contributed by atoms with E-state index in [1.54, 1.807) is 6.07 Å². The fourth-order valence-corrected chi connectivity index (χ4v) is 3.27. The van der Waals surface area contributed by atoms with Gasteiger partial charge in [-0.1, -0.05) is 18.2 Å². The second kappa shape index (κ2) is 8.26. The summed E-state index contributed by atoms with van der Waals surface area (Å²) in [4.78, 5) is 22.6. The number of amides is 1. The predicted molar refractivity (Wildman–Crippen MR) is 90.8 cm³/mol. The van der Waals surface area contributed by atoms with Gasteiger partial charge in [-0.2, -0.15) is 13.2 Å². The maximum Gasteiger partial charge on any atom is 0.446 e. The van der Waals surface area contributed by atoms with Crippen molar-refractivity contribution in [3.63, 3.8) is 0 Å². The van der Waals surface area contributed by atoms with Crippen LogP contribution in [0.4, 0.5) is 24.5 Å². The van der Waals surface area contributed by atoms with Crippen molar-refractivity contribution in [2.75, 3.05) is 11.1 Å². The maximum atomic E-state index is 12.4. The summed E-state index contributed by atoms with van der Waals surface area (Å²) < 4.78 is 37.1. The van der Waals surface area contributed by atoms with Gasteiger partial charge in [0.25, 0.3) is 5.69 Å². The average molecular weight is 388 g/mol. The van der Waals surface area contributed by atoms with Crippen LogP contribution < -0.4 is 5.32 Å². The van der Waals surface area contributed by atoms with E-state index < -0.39 is 16.3 Å². The molecule has 0 aromatic heterocycles. The number of hydrogen-bond donors (Lipinski definition) is 1. The number of para-hydroxylation sites is 1. The molecule has 2 aromatic rings. The molecule has 0 aliphatic rings. The Morgan fingerprint density at radius 1 is 1.16 bits per heavy atom. The van der Waals surface area contributed by atoms with E-state index in [1.165, 1.54) is 42.5 Å². The van der Waals surface area contributed by atoms with Gasteiger partial charge in [-0.15, -0.1) is 11.8 Å². The second-order valence-corrected chi connectivity index (χ2v) is 6.79. The highest BCUT2D eigenvalue weighted by Crippen LogP contribution is 2.37. The molecular weight excluding hydrogens is 377 g/mol. The van der Waals surface area contributed by atoms with E-state index in [4.69, 9.17) is 0 Å². The molecule has 0 saturated carbocycles. The first-order chi connectivity index (χ1) is 11.7. The molecule has 25 heavy (non-hydrogen) atoms. The van der Waals surface area contributed by atoms with Crippen molar-refractivity contribution in [3.05, 3.63) is 58.6 Å². The second-order valence-electron chi connectivity index (χ2n) is 4.64. The van der Waals surface area contributed by atoms with Crippen LogP contribution in [-0.2, 0) is 4.79 Å². The molecule has 2 rings (SSSR count). The van der Waals surface area contributed by atoms with Crippen molar-refractivity contribution in [2.45, 2.75) is 15.3 Å². The lowest BCUT2D eigenvalue weighted by atomic mass is 10.3. The minimum Gasteiger partial charge on any atom is -0.325 e. The Labute approximate surface area is 149 Å². The average Bonchev–Trinajstić information content (AvgIpc) is 2.52. The van der Waals surface area contributed by atoms with Crippen LogP contribution in [0.3, 0.4) is 0 Å². The summed E-state index contributed by atoms with van der Waals surface area (Å²) in [7, 11) is 0. The third-order valence-corrected chi connectivity index (χ3v) is 4.56. The number of carbonyl (C=O) groups is 1. The minimum atomic E-state index is -4.41. The van der Waals surface area contributed by atoms with Crippen LogP contribution in [0.25, 0.3) is 0 Å². The molecule has 5 nitrogen and oxygen atoms in total. The highest BCUT2D eigenvalue weighted by atomic mass is 32.2. The molecule has 2 aromatic carbocycles. The topological polar surface area (TPSA) is 72.2 Å². The van der Waals surface area contributed by atoms with Gasteiger partial charge in [0.15, 0.2) is 0 Å². The van der Waals surface area contributed by atoms with Gasteiger partial charge < -0.3 is 5.32 Å². The highest BCUT2D eigenvalue weighted by molar-refractivity contribution is 8.00. The SMILES string of the molecule is O=C(CSc1ccccc1[N+](=O)[O-])Nc1cccc(SC(F)(F)F)c1. The lowest BCUT2D eigenvalue weighted by Gasteiger charge is -2.09. The number of nitro groups is 1. The summed E-state index contributed by atoms with van der Waals surface area (Å²) in [6, 6.07) is 11.4. The van der Waals surface area contributed by atoms with Crippen molar-refractivity contribution in [1.29, 1.82) is 0 Å². The number of anilines is 1. The zero-order valence-corrected chi connectivity index (χ0v) is 14.1. The van der Waals surface area contributed by atoms with E-state index in [0.29, 0.717) is 4.90 Å². The van der Waals surface area contributed by atoms with E-state index in [-0.39, 0.29) is 33.8 Å². The third-order valence-electron chi connectivity index (χ3n) is 2.77. The number of benzene rings is 2. The zero-order chi connectivity index (χ0) is 18.4.